The fraction of sp³-hybridized carbons (Fsp3) is 0.944. The zero-order valence-corrected chi connectivity index (χ0v) is 87.0. The van der Waals surface area contributed by atoms with E-state index >= 15 is 0 Å². The maximum Gasteiger partial charge on any atom is 0.303 e. The van der Waals surface area contributed by atoms with E-state index in [1.807, 2.05) is 0 Å². The standard InChI is InChI=1S/6C18H36O2.Er.Eu/c6*1-2-3-4-5-6-7-8-9-10-11-12-13-14-15-16-17-18(19)20;;/h6*2-17H2,1H3,(H,19,20);;. The van der Waals surface area contributed by atoms with Crippen LogP contribution in [-0.4, -0.2) is 66.5 Å². The van der Waals surface area contributed by atoms with E-state index in [1.54, 1.807) is 0 Å². The molecule has 0 atom stereocenters. The van der Waals surface area contributed by atoms with Crippen molar-refractivity contribution in [1.29, 1.82) is 0 Å². The van der Waals surface area contributed by atoms with Crippen LogP contribution in [0.4, 0.5) is 0 Å². The van der Waals surface area contributed by atoms with Crippen molar-refractivity contribution in [2.45, 2.75) is 658 Å². The van der Waals surface area contributed by atoms with Crippen LogP contribution in [0.2, 0.25) is 0 Å². The minimum Gasteiger partial charge on any atom is -0.481 e. The summed E-state index contributed by atoms with van der Waals surface area (Å²) in [6, 6.07) is 0. The van der Waals surface area contributed by atoms with E-state index in [4.69, 9.17) is 30.6 Å². The summed E-state index contributed by atoms with van der Waals surface area (Å²) in [6.45, 7) is 13.6. The van der Waals surface area contributed by atoms with Crippen LogP contribution < -0.4 is 0 Å². The van der Waals surface area contributed by atoms with E-state index in [2.05, 4.69) is 41.5 Å². The Morgan fingerprint density at radius 3 is 0.213 bits per heavy atom. The molecule has 14 heteroatoms. The summed E-state index contributed by atoms with van der Waals surface area (Å²) in [6.07, 6.45) is 121. The van der Waals surface area contributed by atoms with Gasteiger partial charge in [0.1, 0.15) is 0 Å². The van der Waals surface area contributed by atoms with Gasteiger partial charge in [0.05, 0.1) is 0 Å². The summed E-state index contributed by atoms with van der Waals surface area (Å²) in [7, 11) is 0. The number of aliphatic carboxylic acids is 6. The molecule has 0 fully saturated rings. The predicted molar refractivity (Wildman–Crippen MR) is 523 cm³/mol. The first-order valence-electron chi connectivity index (χ1n) is 53.9. The first kappa shape index (κ1) is 137. The molecule has 0 aliphatic heterocycles. The summed E-state index contributed by atoms with van der Waals surface area (Å²) in [5.74, 6) is -3.92. The van der Waals surface area contributed by atoms with Crippen LogP contribution in [-0.2, 0) is 28.8 Å². The van der Waals surface area contributed by atoms with Crippen LogP contribution in [0.5, 0.6) is 0 Å². The summed E-state index contributed by atoms with van der Waals surface area (Å²) in [4.78, 5) is 62.0. The molecule has 0 aliphatic rings. The van der Waals surface area contributed by atoms with Crippen molar-refractivity contribution in [2.75, 3.05) is 0 Å². The maximum atomic E-state index is 10.3. The summed E-state index contributed by atoms with van der Waals surface area (Å²) in [5.41, 5.74) is 0. The van der Waals surface area contributed by atoms with Gasteiger partial charge in [-0.25, -0.2) is 0 Å². The molecule has 739 valence electrons. The van der Waals surface area contributed by atoms with E-state index in [0.717, 1.165) is 77.0 Å². The number of hydrogen-bond donors (Lipinski definition) is 6. The van der Waals surface area contributed by atoms with Crippen molar-refractivity contribution >= 4 is 35.8 Å². The summed E-state index contributed by atoms with van der Waals surface area (Å²) >= 11 is 0. The Bertz CT molecular complexity index is 1570. The molecule has 0 bridgehead atoms. The van der Waals surface area contributed by atoms with Crippen LogP contribution in [0.15, 0.2) is 0 Å². The van der Waals surface area contributed by atoms with Gasteiger partial charge < -0.3 is 30.6 Å². The monoisotopic (exact) mass is 2020 g/mol. The Labute approximate surface area is 831 Å². The molecule has 122 heavy (non-hydrogen) atoms. The van der Waals surface area contributed by atoms with Gasteiger partial charge in [-0.2, -0.15) is 0 Å². The number of hydrogen-bond acceptors (Lipinski definition) is 6. The van der Waals surface area contributed by atoms with E-state index in [-0.39, 0.29) is 86.7 Å². The Kier molecular flexibility index (Phi) is 150. The van der Waals surface area contributed by atoms with Gasteiger partial charge in [0.25, 0.3) is 0 Å². The molecular weight excluding hydrogens is 1810 g/mol. The zero-order chi connectivity index (χ0) is 89.3. The van der Waals surface area contributed by atoms with Crippen LogP contribution in [0, 0.1) is 86.7 Å². The molecule has 0 saturated carbocycles. The van der Waals surface area contributed by atoms with E-state index in [9.17, 15) is 28.8 Å². The molecule has 0 aliphatic carbocycles. The third-order valence-corrected chi connectivity index (χ3v) is 24.0. The largest absolute Gasteiger partial charge is 0.481 e. The Balaban J connectivity index is -0.000000212. The predicted octanol–water partition coefficient (Wildman–Crippen LogP) is 38.0. The SMILES string of the molecule is CCCCCCCCCCCCCCCCCC(=O)O.CCCCCCCCCCCCCCCCCC(=O)O.CCCCCCCCCCCCCCCCCC(=O)O.CCCCCCCCCCCCCCCCCC(=O)O.CCCCCCCCCCCCCCCCCC(=O)O.CCCCCCCCCCCCCCCCCC(=O)O.[Er].[Eu]. The van der Waals surface area contributed by atoms with Crippen molar-refractivity contribution in [3.63, 3.8) is 0 Å². The van der Waals surface area contributed by atoms with Crippen molar-refractivity contribution in [3.05, 3.63) is 0 Å². The normalized spacial score (nSPS) is 10.7. The zero-order valence-electron chi connectivity index (χ0n) is 82.7. The second kappa shape index (κ2) is 134. The van der Waals surface area contributed by atoms with Crippen LogP contribution in [0.1, 0.15) is 658 Å². The number of carboxylic acid groups (broad SMARTS) is 6. The molecular formula is C108H216ErEuO12. The fourth-order valence-corrected chi connectivity index (χ4v) is 15.9. The second-order valence-electron chi connectivity index (χ2n) is 36.6. The van der Waals surface area contributed by atoms with Gasteiger partial charge in [-0.1, -0.05) is 581 Å². The van der Waals surface area contributed by atoms with Gasteiger partial charge >= 0.3 is 35.8 Å². The molecule has 0 spiro atoms. The van der Waals surface area contributed by atoms with Gasteiger partial charge in [-0.3, -0.25) is 28.8 Å². The van der Waals surface area contributed by atoms with E-state index < -0.39 is 35.8 Å². The minimum atomic E-state index is -0.653. The Morgan fingerprint density at radius 1 is 0.115 bits per heavy atom. The van der Waals surface area contributed by atoms with Crippen molar-refractivity contribution in [3.8, 4) is 0 Å². The molecule has 0 heterocycles. The average Bonchev–Trinajstić information content (AvgIpc) is 1.20. The number of rotatable bonds is 96. The van der Waals surface area contributed by atoms with Crippen molar-refractivity contribution < 1.29 is 146 Å². The minimum absolute atomic E-state index is 0. The van der Waals surface area contributed by atoms with Crippen molar-refractivity contribution in [1.82, 2.24) is 0 Å². The quantitative estimate of drug-likeness (QED) is 0.0313. The molecule has 0 aromatic rings. The molecule has 6 N–H and O–H groups in total. The number of carbonyl (C=O) groups is 6. The third kappa shape index (κ3) is 163. The molecule has 0 unspecified atom stereocenters. The topological polar surface area (TPSA) is 224 Å². The smallest absolute Gasteiger partial charge is 0.303 e. The van der Waals surface area contributed by atoms with Gasteiger partial charge in [0, 0.05) is 125 Å². The van der Waals surface area contributed by atoms with Gasteiger partial charge in [0.2, 0.25) is 0 Å². The third-order valence-electron chi connectivity index (χ3n) is 24.0. The van der Waals surface area contributed by atoms with E-state index in [1.165, 1.54) is 501 Å². The van der Waals surface area contributed by atoms with Gasteiger partial charge in [0.15, 0.2) is 0 Å². The first-order valence-corrected chi connectivity index (χ1v) is 53.9. The molecule has 0 aromatic carbocycles. The molecule has 0 saturated heterocycles. The number of unbranched alkanes of at least 4 members (excludes halogenated alkanes) is 84. The average molecular weight is 2030 g/mol. The maximum absolute atomic E-state index is 10.3. The van der Waals surface area contributed by atoms with Crippen LogP contribution >= 0.6 is 0 Å². The fourth-order valence-electron chi connectivity index (χ4n) is 15.9. The van der Waals surface area contributed by atoms with Crippen LogP contribution in [0.25, 0.3) is 0 Å². The van der Waals surface area contributed by atoms with Crippen LogP contribution in [0.3, 0.4) is 0 Å². The molecule has 1 radical (unpaired) electrons. The Hall–Kier alpha value is -0.349. The molecule has 0 rings (SSSR count). The molecule has 12 nitrogen and oxygen atoms in total. The molecule has 0 amide bonds. The second-order valence-corrected chi connectivity index (χ2v) is 36.6. The number of carboxylic acids is 6. The molecule has 0 aromatic heterocycles. The Morgan fingerprint density at radius 2 is 0.164 bits per heavy atom. The summed E-state index contributed by atoms with van der Waals surface area (Å²) < 4.78 is 0. The van der Waals surface area contributed by atoms with Gasteiger partial charge in [-0.05, 0) is 38.5 Å². The first-order chi connectivity index (χ1) is 58.6. The summed E-state index contributed by atoms with van der Waals surface area (Å²) in [5, 5.41) is 51.1. The van der Waals surface area contributed by atoms with Crippen molar-refractivity contribution in [2.24, 2.45) is 0 Å². The van der Waals surface area contributed by atoms with Gasteiger partial charge in [-0.15, -0.1) is 0 Å². The van der Waals surface area contributed by atoms with E-state index in [0.29, 0.717) is 38.5 Å².